The minimum atomic E-state index is -0.432. The molecule has 3 rings (SSSR count). The lowest BCUT2D eigenvalue weighted by molar-refractivity contribution is -0.124. The summed E-state index contributed by atoms with van der Waals surface area (Å²) < 4.78 is 13.9. The zero-order valence-corrected chi connectivity index (χ0v) is 13.0. The van der Waals surface area contributed by atoms with Crippen molar-refractivity contribution in [3.8, 4) is 0 Å². The molecule has 2 saturated carbocycles. The highest BCUT2D eigenvalue weighted by atomic mass is 35.5. The summed E-state index contributed by atoms with van der Waals surface area (Å²) in [5.41, 5.74) is 0.443. The minimum Gasteiger partial charge on any atom is -0.299 e. The molecule has 21 heavy (non-hydrogen) atoms. The molecule has 3 atom stereocenters. The fourth-order valence-electron chi connectivity index (χ4n) is 4.18. The Morgan fingerprint density at radius 2 is 1.90 bits per heavy atom. The summed E-state index contributed by atoms with van der Waals surface area (Å²) >= 11 is 5.79. The Hall–Kier alpha value is -0.890. The summed E-state index contributed by atoms with van der Waals surface area (Å²) in [5, 5.41) is 0.108. The second-order valence-corrected chi connectivity index (χ2v) is 7.08. The molecule has 0 radical (unpaired) electrons. The number of rotatable bonds is 3. The highest BCUT2D eigenvalue weighted by molar-refractivity contribution is 6.30. The van der Waals surface area contributed by atoms with E-state index in [9.17, 15) is 9.18 Å². The van der Waals surface area contributed by atoms with Crippen molar-refractivity contribution in [2.75, 3.05) is 0 Å². The lowest BCUT2D eigenvalue weighted by Gasteiger charge is -2.38. The number of benzene rings is 1. The van der Waals surface area contributed by atoms with E-state index in [0.717, 1.165) is 24.7 Å². The largest absolute Gasteiger partial charge is 0.299 e. The molecule has 2 fully saturated rings. The van der Waals surface area contributed by atoms with Crippen LogP contribution in [-0.2, 0) is 11.2 Å². The van der Waals surface area contributed by atoms with Gasteiger partial charge in [0.2, 0.25) is 0 Å². The van der Waals surface area contributed by atoms with Crippen molar-refractivity contribution >= 4 is 17.4 Å². The maximum absolute atomic E-state index is 13.9. The van der Waals surface area contributed by atoms with Crippen molar-refractivity contribution in [2.24, 2.45) is 17.8 Å². The van der Waals surface area contributed by atoms with E-state index in [4.69, 9.17) is 11.6 Å². The van der Waals surface area contributed by atoms with E-state index >= 15 is 0 Å². The van der Waals surface area contributed by atoms with Crippen LogP contribution in [0.25, 0.3) is 0 Å². The summed E-state index contributed by atoms with van der Waals surface area (Å²) in [6.07, 6.45) is 8.66. The molecule has 0 N–H and O–H groups in total. The number of Topliss-reactive ketones (excluding diaryl/α,β-unsaturated/α-hetero) is 1. The molecule has 1 aromatic carbocycles. The monoisotopic (exact) mass is 308 g/mol. The molecule has 0 saturated heterocycles. The smallest absolute Gasteiger partial charge is 0.145 e. The standard InChI is InChI=1S/C18H22ClFO/c19-16-7-3-6-15(18(16)20)11-17(21)14-9-8-12-4-1-2-5-13(12)10-14/h3,6-7,12-14H,1-2,4-5,8-11H2. The van der Waals surface area contributed by atoms with Crippen LogP contribution in [0.3, 0.4) is 0 Å². The highest BCUT2D eigenvalue weighted by Gasteiger charge is 2.34. The summed E-state index contributed by atoms with van der Waals surface area (Å²) in [6, 6.07) is 4.91. The second-order valence-electron chi connectivity index (χ2n) is 6.67. The van der Waals surface area contributed by atoms with Crippen LogP contribution in [0.1, 0.15) is 50.5 Å². The molecule has 1 aromatic rings. The molecule has 0 amide bonds. The Balaban J connectivity index is 1.64. The molecular weight excluding hydrogens is 287 g/mol. The SMILES string of the molecule is O=C(Cc1cccc(Cl)c1F)C1CCC2CCCCC2C1. The van der Waals surface area contributed by atoms with Gasteiger partial charge in [-0.25, -0.2) is 4.39 Å². The lowest BCUT2D eigenvalue weighted by atomic mass is 9.66. The normalized spacial score (nSPS) is 29.0. The summed E-state index contributed by atoms with van der Waals surface area (Å²) in [4.78, 5) is 12.5. The Morgan fingerprint density at radius 1 is 1.14 bits per heavy atom. The average molecular weight is 309 g/mol. The topological polar surface area (TPSA) is 17.1 Å². The lowest BCUT2D eigenvalue weighted by Crippen LogP contribution is -2.32. The highest BCUT2D eigenvalue weighted by Crippen LogP contribution is 2.43. The fourth-order valence-corrected chi connectivity index (χ4v) is 4.38. The van der Waals surface area contributed by atoms with E-state index in [0.29, 0.717) is 5.56 Å². The third-order valence-electron chi connectivity index (χ3n) is 5.39. The van der Waals surface area contributed by atoms with Crippen molar-refractivity contribution in [3.05, 3.63) is 34.6 Å². The van der Waals surface area contributed by atoms with Crippen LogP contribution in [0.4, 0.5) is 4.39 Å². The van der Waals surface area contributed by atoms with Gasteiger partial charge in [0.25, 0.3) is 0 Å². The van der Waals surface area contributed by atoms with Gasteiger partial charge in [-0.15, -0.1) is 0 Å². The first-order chi connectivity index (χ1) is 10.1. The summed E-state index contributed by atoms with van der Waals surface area (Å²) in [5.74, 6) is 1.46. The zero-order valence-electron chi connectivity index (χ0n) is 12.3. The minimum absolute atomic E-state index is 0.108. The molecule has 1 nitrogen and oxygen atoms in total. The first kappa shape index (κ1) is 15.0. The molecule has 0 heterocycles. The van der Waals surface area contributed by atoms with Gasteiger partial charge in [0.15, 0.2) is 0 Å². The number of hydrogen-bond acceptors (Lipinski definition) is 1. The number of fused-ring (bicyclic) bond motifs is 1. The van der Waals surface area contributed by atoms with Crippen LogP contribution in [0.15, 0.2) is 18.2 Å². The molecule has 2 aliphatic rings. The molecule has 2 aliphatic carbocycles. The van der Waals surface area contributed by atoms with E-state index < -0.39 is 5.82 Å². The molecule has 0 aliphatic heterocycles. The van der Waals surface area contributed by atoms with Crippen molar-refractivity contribution in [1.82, 2.24) is 0 Å². The summed E-state index contributed by atoms with van der Waals surface area (Å²) in [6.45, 7) is 0. The number of halogens is 2. The molecule has 114 valence electrons. The van der Waals surface area contributed by atoms with Crippen LogP contribution >= 0.6 is 11.6 Å². The number of hydrogen-bond donors (Lipinski definition) is 0. The Morgan fingerprint density at radius 3 is 2.71 bits per heavy atom. The van der Waals surface area contributed by atoms with Gasteiger partial charge in [-0.1, -0.05) is 49.4 Å². The van der Waals surface area contributed by atoms with Gasteiger partial charge in [0.1, 0.15) is 11.6 Å². The number of carbonyl (C=O) groups excluding carboxylic acids is 1. The Bertz CT molecular complexity index is 528. The molecular formula is C18H22ClFO. The van der Waals surface area contributed by atoms with Gasteiger partial charge in [-0.2, -0.15) is 0 Å². The maximum atomic E-state index is 13.9. The van der Waals surface area contributed by atoms with Gasteiger partial charge in [-0.3, -0.25) is 4.79 Å². The van der Waals surface area contributed by atoms with E-state index in [1.807, 2.05) is 0 Å². The van der Waals surface area contributed by atoms with Gasteiger partial charge in [0, 0.05) is 12.3 Å². The van der Waals surface area contributed by atoms with Gasteiger partial charge >= 0.3 is 0 Å². The summed E-state index contributed by atoms with van der Waals surface area (Å²) in [7, 11) is 0. The first-order valence-electron chi connectivity index (χ1n) is 8.10. The van der Waals surface area contributed by atoms with Gasteiger partial charge < -0.3 is 0 Å². The Kier molecular flexibility index (Phi) is 4.63. The van der Waals surface area contributed by atoms with Crippen molar-refractivity contribution in [2.45, 2.75) is 51.4 Å². The quantitative estimate of drug-likeness (QED) is 0.750. The molecule has 3 unspecified atom stereocenters. The van der Waals surface area contributed by atoms with Gasteiger partial charge in [-0.05, 0) is 42.7 Å². The van der Waals surface area contributed by atoms with Crippen LogP contribution in [0, 0.1) is 23.6 Å². The van der Waals surface area contributed by atoms with Crippen LogP contribution in [-0.4, -0.2) is 5.78 Å². The second kappa shape index (κ2) is 6.48. The third kappa shape index (κ3) is 3.31. The Labute approximate surface area is 130 Å². The van der Waals surface area contributed by atoms with Crippen molar-refractivity contribution in [3.63, 3.8) is 0 Å². The maximum Gasteiger partial charge on any atom is 0.145 e. The van der Waals surface area contributed by atoms with Crippen molar-refractivity contribution < 1.29 is 9.18 Å². The number of ketones is 1. The predicted molar refractivity (Wildman–Crippen MR) is 82.9 cm³/mol. The molecule has 0 aromatic heterocycles. The van der Waals surface area contributed by atoms with E-state index in [-0.39, 0.29) is 23.1 Å². The first-order valence-corrected chi connectivity index (χ1v) is 8.48. The molecule has 0 bridgehead atoms. The molecule has 0 spiro atoms. The molecule has 3 heteroatoms. The van der Waals surface area contributed by atoms with Crippen LogP contribution in [0.5, 0.6) is 0 Å². The average Bonchev–Trinajstić information content (AvgIpc) is 2.51. The van der Waals surface area contributed by atoms with E-state index in [1.165, 1.54) is 38.2 Å². The van der Waals surface area contributed by atoms with Gasteiger partial charge in [0.05, 0.1) is 5.02 Å². The number of carbonyl (C=O) groups is 1. The third-order valence-corrected chi connectivity index (χ3v) is 5.68. The predicted octanol–water partition coefficient (Wildman–Crippen LogP) is 5.20. The van der Waals surface area contributed by atoms with E-state index in [1.54, 1.807) is 12.1 Å². The van der Waals surface area contributed by atoms with E-state index in [2.05, 4.69) is 0 Å². The van der Waals surface area contributed by atoms with Crippen LogP contribution in [0.2, 0.25) is 5.02 Å². The zero-order chi connectivity index (χ0) is 14.8. The fraction of sp³-hybridized carbons (Fsp3) is 0.611. The van der Waals surface area contributed by atoms with Crippen molar-refractivity contribution in [1.29, 1.82) is 0 Å². The van der Waals surface area contributed by atoms with Crippen LogP contribution < -0.4 is 0 Å².